The van der Waals surface area contributed by atoms with Crippen molar-refractivity contribution in [2.24, 2.45) is 0 Å². The Morgan fingerprint density at radius 3 is 3.00 bits per heavy atom. The number of pyridine rings is 1. The Morgan fingerprint density at radius 2 is 2.19 bits per heavy atom. The first-order chi connectivity index (χ1) is 15.5. The molecule has 3 heterocycles. The SMILES string of the molecule is COCCCN1CCOc2ccc(N3CC[C@H](NC(=O)c4cc(Cl)cc(Cl)c4O)C3)nc21. The number of anilines is 2. The first-order valence-corrected chi connectivity index (χ1v) is 11.3. The fourth-order valence-electron chi connectivity index (χ4n) is 4.02. The molecule has 2 N–H and O–H groups in total. The number of amides is 1. The number of carbonyl (C=O) groups excluding carboxylic acids is 1. The molecule has 172 valence electrons. The molecule has 0 bridgehead atoms. The van der Waals surface area contributed by atoms with Crippen molar-refractivity contribution in [1.29, 1.82) is 0 Å². The highest BCUT2D eigenvalue weighted by Gasteiger charge is 2.28. The highest BCUT2D eigenvalue weighted by atomic mass is 35.5. The molecule has 1 fully saturated rings. The maximum Gasteiger partial charge on any atom is 0.255 e. The normalized spacial score (nSPS) is 17.8. The van der Waals surface area contributed by atoms with Gasteiger partial charge in [0, 0.05) is 44.4 Å². The zero-order chi connectivity index (χ0) is 22.7. The molecule has 0 unspecified atom stereocenters. The van der Waals surface area contributed by atoms with Crippen molar-refractivity contribution in [2.75, 3.05) is 56.3 Å². The molecule has 1 aromatic heterocycles. The smallest absolute Gasteiger partial charge is 0.255 e. The fraction of sp³-hybridized carbons (Fsp3) is 0.455. The van der Waals surface area contributed by atoms with Gasteiger partial charge in [0.05, 0.1) is 17.1 Å². The molecule has 1 saturated heterocycles. The van der Waals surface area contributed by atoms with Crippen LogP contribution in [0, 0.1) is 0 Å². The van der Waals surface area contributed by atoms with Gasteiger partial charge >= 0.3 is 0 Å². The summed E-state index contributed by atoms with van der Waals surface area (Å²) in [6, 6.07) is 6.62. The molecule has 1 aromatic carbocycles. The highest BCUT2D eigenvalue weighted by molar-refractivity contribution is 6.36. The molecule has 2 aliphatic heterocycles. The standard InChI is InChI=1S/C22H26Cl2N4O4/c1-31-9-2-6-27-8-10-32-18-3-4-19(26-21(18)27)28-7-5-15(13-28)25-22(30)16-11-14(23)12-17(24)20(16)29/h3-4,11-12,15,29H,2,5-10,13H2,1H3,(H,25,30)/t15-/m0/s1. The summed E-state index contributed by atoms with van der Waals surface area (Å²) >= 11 is 11.9. The largest absolute Gasteiger partial charge is 0.506 e. The molecule has 10 heteroatoms. The van der Waals surface area contributed by atoms with E-state index in [0.717, 1.165) is 49.9 Å². The van der Waals surface area contributed by atoms with Gasteiger partial charge < -0.3 is 29.7 Å². The van der Waals surface area contributed by atoms with Crippen LogP contribution in [0.4, 0.5) is 11.6 Å². The second-order valence-electron chi connectivity index (χ2n) is 7.86. The van der Waals surface area contributed by atoms with Crippen LogP contribution in [0.15, 0.2) is 24.3 Å². The molecular formula is C22H26Cl2N4O4. The summed E-state index contributed by atoms with van der Waals surface area (Å²) in [5, 5.41) is 13.4. The Hall–Kier alpha value is -2.42. The summed E-state index contributed by atoms with van der Waals surface area (Å²) < 4.78 is 10.9. The molecule has 2 aliphatic rings. The molecule has 4 rings (SSSR count). The highest BCUT2D eigenvalue weighted by Crippen LogP contribution is 2.34. The van der Waals surface area contributed by atoms with Crippen LogP contribution in [0.5, 0.6) is 11.5 Å². The van der Waals surface area contributed by atoms with Crippen LogP contribution in [-0.2, 0) is 4.74 Å². The van der Waals surface area contributed by atoms with Crippen LogP contribution in [0.1, 0.15) is 23.2 Å². The minimum Gasteiger partial charge on any atom is -0.506 e. The van der Waals surface area contributed by atoms with E-state index in [2.05, 4.69) is 15.1 Å². The lowest BCUT2D eigenvalue weighted by molar-refractivity contribution is 0.0937. The van der Waals surface area contributed by atoms with Crippen LogP contribution in [0.2, 0.25) is 10.0 Å². The van der Waals surface area contributed by atoms with Gasteiger partial charge in [-0.05, 0) is 37.1 Å². The Morgan fingerprint density at radius 1 is 1.34 bits per heavy atom. The number of methoxy groups -OCH3 is 1. The van der Waals surface area contributed by atoms with Gasteiger partial charge in [-0.15, -0.1) is 0 Å². The quantitative estimate of drug-likeness (QED) is 0.587. The van der Waals surface area contributed by atoms with Crippen molar-refractivity contribution in [2.45, 2.75) is 18.9 Å². The molecule has 32 heavy (non-hydrogen) atoms. The van der Waals surface area contributed by atoms with E-state index in [1.165, 1.54) is 12.1 Å². The molecule has 2 aromatic rings. The molecular weight excluding hydrogens is 455 g/mol. The van der Waals surface area contributed by atoms with E-state index in [1.54, 1.807) is 7.11 Å². The second-order valence-corrected chi connectivity index (χ2v) is 8.71. The van der Waals surface area contributed by atoms with E-state index in [0.29, 0.717) is 24.8 Å². The summed E-state index contributed by atoms with van der Waals surface area (Å²) in [4.78, 5) is 21.9. The van der Waals surface area contributed by atoms with Gasteiger partial charge in [-0.1, -0.05) is 23.2 Å². The number of aromatic nitrogens is 1. The van der Waals surface area contributed by atoms with Gasteiger partial charge in [-0.25, -0.2) is 4.98 Å². The lowest BCUT2D eigenvalue weighted by Crippen LogP contribution is -2.37. The molecule has 0 radical (unpaired) electrons. The third kappa shape index (κ3) is 4.98. The topological polar surface area (TPSA) is 87.2 Å². The van der Waals surface area contributed by atoms with E-state index in [1.807, 2.05) is 12.1 Å². The number of nitrogens with zero attached hydrogens (tertiary/aromatic N) is 3. The molecule has 0 aliphatic carbocycles. The van der Waals surface area contributed by atoms with Gasteiger partial charge in [0.2, 0.25) is 0 Å². The number of carbonyl (C=O) groups is 1. The second kappa shape index (κ2) is 10.0. The Bertz CT molecular complexity index is 991. The number of hydrogen-bond donors (Lipinski definition) is 2. The van der Waals surface area contributed by atoms with Crippen LogP contribution in [-0.4, -0.2) is 68.5 Å². The van der Waals surface area contributed by atoms with Crippen LogP contribution in [0.3, 0.4) is 0 Å². The van der Waals surface area contributed by atoms with Crippen molar-refractivity contribution in [3.8, 4) is 11.5 Å². The lowest BCUT2D eigenvalue weighted by Gasteiger charge is -2.31. The van der Waals surface area contributed by atoms with Crippen molar-refractivity contribution in [1.82, 2.24) is 10.3 Å². The fourth-order valence-corrected chi connectivity index (χ4v) is 4.51. The first kappa shape index (κ1) is 22.8. The third-order valence-corrected chi connectivity index (χ3v) is 6.15. The minimum atomic E-state index is -0.408. The van der Waals surface area contributed by atoms with Gasteiger partial charge in [-0.3, -0.25) is 4.79 Å². The molecule has 1 atom stereocenters. The maximum atomic E-state index is 12.7. The number of nitrogens with one attached hydrogen (secondary N) is 1. The number of benzene rings is 1. The summed E-state index contributed by atoms with van der Waals surface area (Å²) in [7, 11) is 1.70. The number of aromatic hydroxyl groups is 1. The van der Waals surface area contributed by atoms with Crippen LogP contribution >= 0.6 is 23.2 Å². The van der Waals surface area contributed by atoms with Gasteiger partial charge in [0.15, 0.2) is 11.6 Å². The van der Waals surface area contributed by atoms with Crippen molar-refractivity contribution in [3.05, 3.63) is 39.9 Å². The summed E-state index contributed by atoms with van der Waals surface area (Å²) in [5.41, 5.74) is 0.0664. The van der Waals surface area contributed by atoms with E-state index in [-0.39, 0.29) is 22.4 Å². The molecule has 1 amide bonds. The first-order valence-electron chi connectivity index (χ1n) is 10.6. The number of phenols is 1. The summed E-state index contributed by atoms with van der Waals surface area (Å²) in [6.07, 6.45) is 1.67. The summed E-state index contributed by atoms with van der Waals surface area (Å²) in [6.45, 7) is 4.34. The predicted molar refractivity (Wildman–Crippen MR) is 125 cm³/mol. The number of halogens is 2. The number of phenolic OH excluding ortho intramolecular Hbond substituents is 1. The van der Waals surface area contributed by atoms with E-state index in [4.69, 9.17) is 37.7 Å². The van der Waals surface area contributed by atoms with Crippen molar-refractivity contribution < 1.29 is 19.4 Å². The van der Waals surface area contributed by atoms with E-state index in [9.17, 15) is 9.90 Å². The van der Waals surface area contributed by atoms with Gasteiger partial charge in [0.25, 0.3) is 5.91 Å². The summed E-state index contributed by atoms with van der Waals surface area (Å²) in [5.74, 6) is 1.80. The van der Waals surface area contributed by atoms with Gasteiger partial charge in [-0.2, -0.15) is 0 Å². The molecule has 8 nitrogen and oxygen atoms in total. The Kier molecular flexibility index (Phi) is 7.13. The Labute approximate surface area is 197 Å². The zero-order valence-electron chi connectivity index (χ0n) is 17.8. The molecule has 0 spiro atoms. The number of ether oxygens (including phenoxy) is 2. The minimum absolute atomic E-state index is 0.0474. The van der Waals surface area contributed by atoms with E-state index >= 15 is 0 Å². The van der Waals surface area contributed by atoms with Crippen LogP contribution in [0.25, 0.3) is 0 Å². The monoisotopic (exact) mass is 480 g/mol. The van der Waals surface area contributed by atoms with Gasteiger partial charge in [0.1, 0.15) is 18.2 Å². The number of hydrogen-bond acceptors (Lipinski definition) is 7. The third-order valence-electron chi connectivity index (χ3n) is 5.64. The lowest BCUT2D eigenvalue weighted by atomic mass is 10.1. The number of rotatable bonds is 7. The average molecular weight is 481 g/mol. The average Bonchev–Trinajstić information content (AvgIpc) is 3.24. The van der Waals surface area contributed by atoms with Crippen molar-refractivity contribution in [3.63, 3.8) is 0 Å². The zero-order valence-corrected chi connectivity index (χ0v) is 19.3. The maximum absolute atomic E-state index is 12.7. The van der Waals surface area contributed by atoms with E-state index < -0.39 is 5.91 Å². The Balaban J connectivity index is 1.42. The predicted octanol–water partition coefficient (Wildman–Crippen LogP) is 3.34. The van der Waals surface area contributed by atoms with Crippen molar-refractivity contribution >= 4 is 40.7 Å². The number of fused-ring (bicyclic) bond motifs is 1. The molecule has 0 saturated carbocycles. The van der Waals surface area contributed by atoms with Crippen LogP contribution < -0.4 is 19.9 Å².